The molecule has 0 aromatic heterocycles. The lowest BCUT2D eigenvalue weighted by molar-refractivity contribution is -0.140. The first kappa shape index (κ1) is 10.2. The van der Waals surface area contributed by atoms with E-state index in [4.69, 9.17) is 0 Å². The average Bonchev–Trinajstić information content (AvgIpc) is 2.04. The number of hydrogen-bond acceptors (Lipinski definition) is 2. The van der Waals surface area contributed by atoms with Crippen molar-refractivity contribution in [3.63, 3.8) is 0 Å². The third-order valence-corrected chi connectivity index (χ3v) is 1.40. The Hall–Kier alpha value is -0.790. The van der Waals surface area contributed by atoms with E-state index in [2.05, 4.69) is 11.7 Å². The second kappa shape index (κ2) is 7.32. The van der Waals surface area contributed by atoms with Gasteiger partial charge in [0.2, 0.25) is 0 Å². The number of allylic oxidation sites excluding steroid dienone is 2. The van der Waals surface area contributed by atoms with Crippen LogP contribution in [0, 0.1) is 6.92 Å². The molecule has 0 aliphatic heterocycles. The van der Waals surface area contributed by atoms with Crippen LogP contribution in [0.2, 0.25) is 0 Å². The van der Waals surface area contributed by atoms with Crippen molar-refractivity contribution in [3.8, 4) is 0 Å². The van der Waals surface area contributed by atoms with Gasteiger partial charge >= 0.3 is 5.97 Å². The number of carbonyl (C=O) groups excluding carboxylic acids is 1. The van der Waals surface area contributed by atoms with E-state index >= 15 is 0 Å². The summed E-state index contributed by atoms with van der Waals surface area (Å²) in [5, 5.41) is 0. The second-order valence-electron chi connectivity index (χ2n) is 2.29. The maximum Gasteiger partial charge on any atom is 0.305 e. The summed E-state index contributed by atoms with van der Waals surface area (Å²) in [6.45, 7) is 3.56. The Morgan fingerprint density at radius 3 is 2.82 bits per heavy atom. The second-order valence-corrected chi connectivity index (χ2v) is 2.29. The lowest BCUT2D eigenvalue weighted by Crippen LogP contribution is -1.98. The van der Waals surface area contributed by atoms with Crippen molar-refractivity contribution >= 4 is 5.97 Å². The Labute approximate surface area is 68.2 Å². The summed E-state index contributed by atoms with van der Waals surface area (Å²) < 4.78 is 4.49. The minimum absolute atomic E-state index is 0.122. The van der Waals surface area contributed by atoms with Crippen molar-refractivity contribution in [2.45, 2.75) is 25.7 Å². The lowest BCUT2D eigenvalue weighted by Gasteiger charge is -1.96. The minimum Gasteiger partial charge on any atom is -0.469 e. The molecule has 0 atom stereocenters. The van der Waals surface area contributed by atoms with Crippen LogP contribution in [0.1, 0.15) is 25.7 Å². The molecule has 0 saturated heterocycles. The fourth-order valence-electron chi connectivity index (χ4n) is 0.751. The number of methoxy groups -OCH3 is 1. The van der Waals surface area contributed by atoms with E-state index in [9.17, 15) is 4.79 Å². The van der Waals surface area contributed by atoms with Crippen molar-refractivity contribution in [2.24, 2.45) is 0 Å². The summed E-state index contributed by atoms with van der Waals surface area (Å²) in [6, 6.07) is 0. The molecule has 1 radical (unpaired) electrons. The minimum atomic E-state index is -0.122. The molecule has 0 unspecified atom stereocenters. The largest absolute Gasteiger partial charge is 0.469 e. The van der Waals surface area contributed by atoms with Crippen molar-refractivity contribution in [2.75, 3.05) is 7.11 Å². The van der Waals surface area contributed by atoms with Gasteiger partial charge in [-0.05, 0) is 26.2 Å². The zero-order valence-electron chi connectivity index (χ0n) is 7.01. The van der Waals surface area contributed by atoms with Crippen LogP contribution in [0.3, 0.4) is 0 Å². The molecule has 0 bridgehead atoms. The Kier molecular flexibility index (Phi) is 6.79. The molecule has 0 aromatic carbocycles. The fourth-order valence-corrected chi connectivity index (χ4v) is 0.751. The molecule has 0 N–H and O–H groups in total. The molecule has 0 rings (SSSR count). The highest BCUT2D eigenvalue weighted by atomic mass is 16.5. The standard InChI is InChI=1S/C9H15O2/c1-3-4-5-6-7-8-9(10)11-2/h3-4H,1,5-8H2,2H3. The quantitative estimate of drug-likeness (QED) is 0.449. The van der Waals surface area contributed by atoms with Gasteiger partial charge in [0.25, 0.3) is 0 Å². The molecule has 2 nitrogen and oxygen atoms in total. The van der Waals surface area contributed by atoms with Gasteiger partial charge in [-0.25, -0.2) is 0 Å². The molecule has 0 saturated carbocycles. The van der Waals surface area contributed by atoms with E-state index in [1.807, 2.05) is 6.08 Å². The number of esters is 1. The Morgan fingerprint density at radius 1 is 1.55 bits per heavy atom. The number of carbonyl (C=O) groups is 1. The molecule has 0 heterocycles. The smallest absolute Gasteiger partial charge is 0.305 e. The van der Waals surface area contributed by atoms with Crippen molar-refractivity contribution in [1.82, 2.24) is 0 Å². The van der Waals surface area contributed by atoms with Crippen LogP contribution in [-0.2, 0) is 9.53 Å². The van der Waals surface area contributed by atoms with Crippen LogP contribution in [0.4, 0.5) is 0 Å². The Balaban J connectivity index is 3.08. The van der Waals surface area contributed by atoms with Crippen LogP contribution in [0.25, 0.3) is 0 Å². The highest BCUT2D eigenvalue weighted by Crippen LogP contribution is 2.01. The summed E-state index contributed by atoms with van der Waals surface area (Å²) in [5.41, 5.74) is 0. The van der Waals surface area contributed by atoms with E-state index in [0.717, 1.165) is 19.3 Å². The van der Waals surface area contributed by atoms with Gasteiger partial charge in [-0.15, -0.1) is 0 Å². The Morgan fingerprint density at radius 2 is 2.27 bits per heavy atom. The number of hydrogen-bond donors (Lipinski definition) is 0. The summed E-state index contributed by atoms with van der Waals surface area (Å²) >= 11 is 0. The highest BCUT2D eigenvalue weighted by Gasteiger charge is 1.97. The summed E-state index contributed by atoms with van der Waals surface area (Å²) in [7, 11) is 1.41. The molecular formula is C9H15O2. The predicted octanol–water partition coefficient (Wildman–Crippen LogP) is 2.11. The summed E-state index contributed by atoms with van der Waals surface area (Å²) in [5.74, 6) is -0.122. The van der Waals surface area contributed by atoms with Gasteiger partial charge in [-0.3, -0.25) is 4.79 Å². The molecule has 63 valence electrons. The van der Waals surface area contributed by atoms with Gasteiger partial charge in [0.05, 0.1) is 7.11 Å². The van der Waals surface area contributed by atoms with E-state index in [-0.39, 0.29) is 5.97 Å². The van der Waals surface area contributed by atoms with Gasteiger partial charge in [-0.2, -0.15) is 0 Å². The van der Waals surface area contributed by atoms with E-state index in [0.29, 0.717) is 6.42 Å². The van der Waals surface area contributed by atoms with Crippen molar-refractivity contribution in [1.29, 1.82) is 0 Å². The third kappa shape index (κ3) is 7.10. The van der Waals surface area contributed by atoms with Crippen LogP contribution < -0.4 is 0 Å². The molecule has 0 aliphatic rings. The first-order chi connectivity index (χ1) is 5.31. The molecule has 0 fully saturated rings. The normalized spacial score (nSPS) is 10.4. The first-order valence-electron chi connectivity index (χ1n) is 3.82. The lowest BCUT2D eigenvalue weighted by atomic mass is 10.2. The number of ether oxygens (including phenoxy) is 1. The van der Waals surface area contributed by atoms with Gasteiger partial charge < -0.3 is 4.74 Å². The van der Waals surface area contributed by atoms with Crippen LogP contribution >= 0.6 is 0 Å². The molecule has 2 heteroatoms. The molecule has 0 aliphatic carbocycles. The van der Waals surface area contributed by atoms with E-state index in [1.54, 1.807) is 6.08 Å². The predicted molar refractivity (Wildman–Crippen MR) is 45.0 cm³/mol. The monoisotopic (exact) mass is 155 g/mol. The fraction of sp³-hybridized carbons (Fsp3) is 0.556. The van der Waals surface area contributed by atoms with Crippen molar-refractivity contribution < 1.29 is 9.53 Å². The molecule has 0 spiro atoms. The molecule has 0 aromatic rings. The number of unbranched alkanes of at least 4 members (excludes halogenated alkanes) is 2. The average molecular weight is 155 g/mol. The zero-order chi connectivity index (χ0) is 8.53. The van der Waals surface area contributed by atoms with Crippen LogP contribution in [0.5, 0.6) is 0 Å². The summed E-state index contributed by atoms with van der Waals surface area (Å²) in [6.07, 6.45) is 7.23. The third-order valence-electron chi connectivity index (χ3n) is 1.40. The maximum absolute atomic E-state index is 10.6. The van der Waals surface area contributed by atoms with Gasteiger partial charge in [-0.1, -0.05) is 12.2 Å². The maximum atomic E-state index is 10.6. The van der Waals surface area contributed by atoms with Gasteiger partial charge in [0, 0.05) is 6.42 Å². The molecule has 11 heavy (non-hydrogen) atoms. The van der Waals surface area contributed by atoms with E-state index < -0.39 is 0 Å². The van der Waals surface area contributed by atoms with Gasteiger partial charge in [0.15, 0.2) is 0 Å². The first-order valence-corrected chi connectivity index (χ1v) is 3.82. The van der Waals surface area contributed by atoms with Crippen LogP contribution in [-0.4, -0.2) is 13.1 Å². The molecular weight excluding hydrogens is 140 g/mol. The van der Waals surface area contributed by atoms with Crippen molar-refractivity contribution in [3.05, 3.63) is 19.1 Å². The zero-order valence-corrected chi connectivity index (χ0v) is 7.01. The van der Waals surface area contributed by atoms with E-state index in [1.165, 1.54) is 7.11 Å². The van der Waals surface area contributed by atoms with Gasteiger partial charge in [0.1, 0.15) is 0 Å². The SMILES string of the molecule is [CH2]C=CCCCCC(=O)OC. The topological polar surface area (TPSA) is 26.3 Å². The highest BCUT2D eigenvalue weighted by molar-refractivity contribution is 5.68. The van der Waals surface area contributed by atoms with Crippen LogP contribution in [0.15, 0.2) is 12.2 Å². The summed E-state index contributed by atoms with van der Waals surface area (Å²) in [4.78, 5) is 10.6. The Bertz CT molecular complexity index is 128. The number of rotatable bonds is 5. The molecule has 0 amide bonds.